The molecule has 0 aliphatic carbocycles. The molecule has 0 bridgehead atoms. The maximum atomic E-state index is 13.2. The normalized spacial score (nSPS) is 21.0. The van der Waals surface area contributed by atoms with Gasteiger partial charge in [0.25, 0.3) is 0 Å². The molecule has 0 unspecified atom stereocenters. The minimum atomic E-state index is -0.808. The number of rotatable bonds is 7. The van der Waals surface area contributed by atoms with Crippen LogP contribution in [-0.4, -0.2) is 50.7 Å². The first kappa shape index (κ1) is 21.5. The summed E-state index contributed by atoms with van der Waals surface area (Å²) in [4.78, 5) is 20.1. The van der Waals surface area contributed by atoms with Crippen molar-refractivity contribution in [3.8, 4) is 0 Å². The van der Waals surface area contributed by atoms with Crippen LogP contribution in [0.25, 0.3) is 0 Å². The Hall–Kier alpha value is -2.74. The van der Waals surface area contributed by atoms with Crippen LogP contribution in [0.1, 0.15) is 49.4 Å². The largest absolute Gasteiger partial charge is 0.481 e. The molecule has 0 radical (unpaired) electrons. The van der Waals surface area contributed by atoms with E-state index in [1.165, 1.54) is 17.7 Å². The van der Waals surface area contributed by atoms with Crippen LogP contribution in [0.4, 0.5) is 4.39 Å². The van der Waals surface area contributed by atoms with Gasteiger partial charge in [0.15, 0.2) is 0 Å². The van der Waals surface area contributed by atoms with Crippen LogP contribution in [0.5, 0.6) is 0 Å². The van der Waals surface area contributed by atoms with Gasteiger partial charge in [0.05, 0.1) is 16.8 Å². The van der Waals surface area contributed by atoms with E-state index in [4.69, 9.17) is 4.84 Å². The number of hydrogen-bond acceptors (Lipinski definition) is 5. The SMILES string of the molecule is CCn1cc(CN2CCC(C[C@H]3CC(c4ccc(F)cc4)=NO3)(C(=O)O)CC2)c(C)n1. The number of hydrogen-bond donors (Lipinski definition) is 1. The molecule has 2 aliphatic rings. The van der Waals surface area contributed by atoms with Crippen molar-refractivity contribution in [2.75, 3.05) is 13.1 Å². The molecule has 166 valence electrons. The van der Waals surface area contributed by atoms with Gasteiger partial charge in [0, 0.05) is 37.7 Å². The average molecular weight is 429 g/mol. The molecule has 1 saturated heterocycles. The lowest BCUT2D eigenvalue weighted by Gasteiger charge is -2.39. The van der Waals surface area contributed by atoms with E-state index in [1.54, 1.807) is 12.1 Å². The zero-order valence-electron chi connectivity index (χ0n) is 18.1. The summed E-state index contributed by atoms with van der Waals surface area (Å²) in [6, 6.07) is 6.14. The van der Waals surface area contributed by atoms with Gasteiger partial charge in [-0.25, -0.2) is 4.39 Å². The third-order valence-electron chi connectivity index (χ3n) is 6.56. The minimum absolute atomic E-state index is 0.271. The Morgan fingerprint density at radius 3 is 2.61 bits per heavy atom. The molecule has 1 aromatic carbocycles. The van der Waals surface area contributed by atoms with Crippen molar-refractivity contribution in [3.05, 3.63) is 53.1 Å². The van der Waals surface area contributed by atoms with E-state index >= 15 is 0 Å². The number of likely N-dealkylation sites (tertiary alicyclic amines) is 1. The molecule has 1 N–H and O–H groups in total. The van der Waals surface area contributed by atoms with E-state index in [0.717, 1.165) is 43.1 Å². The molecule has 8 heteroatoms. The predicted octanol–water partition coefficient (Wildman–Crippen LogP) is 3.60. The van der Waals surface area contributed by atoms with Gasteiger partial charge in [0.2, 0.25) is 0 Å². The van der Waals surface area contributed by atoms with Crippen molar-refractivity contribution in [1.82, 2.24) is 14.7 Å². The highest BCUT2D eigenvalue weighted by atomic mass is 19.1. The molecule has 7 nitrogen and oxygen atoms in total. The molecule has 0 saturated carbocycles. The number of carboxylic acids is 1. The predicted molar refractivity (Wildman–Crippen MR) is 114 cm³/mol. The van der Waals surface area contributed by atoms with Gasteiger partial charge >= 0.3 is 5.97 Å². The molecule has 1 fully saturated rings. The molecule has 0 amide bonds. The summed E-state index contributed by atoms with van der Waals surface area (Å²) in [7, 11) is 0. The number of piperidine rings is 1. The van der Waals surface area contributed by atoms with E-state index in [0.29, 0.717) is 25.7 Å². The number of aliphatic carboxylic acids is 1. The maximum absolute atomic E-state index is 13.2. The van der Waals surface area contributed by atoms with Gasteiger partial charge in [-0.3, -0.25) is 14.4 Å². The second-order valence-corrected chi connectivity index (χ2v) is 8.64. The van der Waals surface area contributed by atoms with Crippen LogP contribution in [0.3, 0.4) is 0 Å². The van der Waals surface area contributed by atoms with Crippen molar-refractivity contribution in [1.29, 1.82) is 0 Å². The Labute approximate surface area is 181 Å². The van der Waals surface area contributed by atoms with Crippen LogP contribution in [-0.2, 0) is 22.7 Å². The van der Waals surface area contributed by atoms with Gasteiger partial charge < -0.3 is 9.94 Å². The highest BCUT2D eigenvalue weighted by molar-refractivity contribution is 6.01. The average Bonchev–Trinajstić information content (AvgIpc) is 3.36. The quantitative estimate of drug-likeness (QED) is 0.729. The van der Waals surface area contributed by atoms with Crippen molar-refractivity contribution in [2.24, 2.45) is 10.6 Å². The van der Waals surface area contributed by atoms with Gasteiger partial charge in [-0.05, 0) is 57.5 Å². The fourth-order valence-corrected chi connectivity index (χ4v) is 4.55. The third kappa shape index (κ3) is 4.63. The fraction of sp³-hybridized carbons (Fsp3) is 0.522. The summed E-state index contributed by atoms with van der Waals surface area (Å²) in [6.07, 6.45) is 3.93. The maximum Gasteiger partial charge on any atom is 0.309 e. The monoisotopic (exact) mass is 428 g/mol. The lowest BCUT2D eigenvalue weighted by molar-refractivity contribution is -0.155. The highest BCUT2D eigenvalue weighted by Crippen LogP contribution is 2.39. The number of nitrogens with zero attached hydrogens (tertiary/aromatic N) is 4. The number of aryl methyl sites for hydroxylation is 2. The Morgan fingerprint density at radius 2 is 2.00 bits per heavy atom. The Balaban J connectivity index is 1.35. The molecule has 31 heavy (non-hydrogen) atoms. The first-order valence-electron chi connectivity index (χ1n) is 10.9. The van der Waals surface area contributed by atoms with Gasteiger partial charge in [-0.2, -0.15) is 5.10 Å². The zero-order valence-corrected chi connectivity index (χ0v) is 18.1. The van der Waals surface area contributed by atoms with Crippen molar-refractivity contribution < 1.29 is 19.1 Å². The molecule has 2 aromatic rings. The standard InChI is InChI=1S/C23H29FN4O3/c1-3-28-15-18(16(2)25-28)14-27-10-8-23(9-11-27,22(29)30)13-20-12-21(26-31-20)17-4-6-19(24)7-5-17/h4-7,15,20H,3,8-14H2,1-2H3,(H,29,30)/t20-/m1/s1. The molecular formula is C23H29FN4O3. The summed E-state index contributed by atoms with van der Waals surface area (Å²) in [5.41, 5.74) is 2.97. The first-order valence-corrected chi connectivity index (χ1v) is 10.9. The van der Waals surface area contributed by atoms with Crippen LogP contribution < -0.4 is 0 Å². The van der Waals surface area contributed by atoms with Gasteiger partial charge in [-0.15, -0.1) is 0 Å². The highest BCUT2D eigenvalue weighted by Gasteiger charge is 2.45. The number of oxime groups is 1. The van der Waals surface area contributed by atoms with Crippen molar-refractivity contribution in [3.63, 3.8) is 0 Å². The Morgan fingerprint density at radius 1 is 1.29 bits per heavy atom. The third-order valence-corrected chi connectivity index (χ3v) is 6.56. The summed E-state index contributed by atoms with van der Waals surface area (Å²) < 4.78 is 15.1. The van der Waals surface area contributed by atoms with Crippen LogP contribution in [0.2, 0.25) is 0 Å². The van der Waals surface area contributed by atoms with E-state index in [1.807, 2.05) is 11.6 Å². The fourth-order valence-electron chi connectivity index (χ4n) is 4.55. The zero-order chi connectivity index (χ0) is 22.0. The molecule has 3 heterocycles. The van der Waals surface area contributed by atoms with E-state index in [-0.39, 0.29) is 11.9 Å². The number of aromatic nitrogens is 2. The lowest BCUT2D eigenvalue weighted by atomic mass is 9.73. The van der Waals surface area contributed by atoms with Crippen LogP contribution in [0.15, 0.2) is 35.6 Å². The Kier molecular flexibility index (Phi) is 6.09. The second-order valence-electron chi connectivity index (χ2n) is 8.64. The van der Waals surface area contributed by atoms with E-state index < -0.39 is 11.4 Å². The van der Waals surface area contributed by atoms with Crippen LogP contribution in [0, 0.1) is 18.2 Å². The van der Waals surface area contributed by atoms with E-state index in [9.17, 15) is 14.3 Å². The summed E-state index contributed by atoms with van der Waals surface area (Å²) in [5.74, 6) is -1.06. The topological polar surface area (TPSA) is 80.0 Å². The summed E-state index contributed by atoms with van der Waals surface area (Å²) in [6.45, 7) is 7.16. The van der Waals surface area contributed by atoms with Gasteiger partial charge in [0.1, 0.15) is 11.9 Å². The second kappa shape index (κ2) is 8.78. The first-order chi connectivity index (χ1) is 14.9. The number of halogens is 1. The number of benzene rings is 1. The molecular weight excluding hydrogens is 399 g/mol. The number of carbonyl (C=O) groups is 1. The summed E-state index contributed by atoms with van der Waals surface area (Å²) in [5, 5.41) is 18.7. The molecule has 0 spiro atoms. The molecule has 4 rings (SSSR count). The minimum Gasteiger partial charge on any atom is -0.481 e. The molecule has 1 aromatic heterocycles. The number of carboxylic acid groups (broad SMARTS) is 1. The summed E-state index contributed by atoms with van der Waals surface area (Å²) >= 11 is 0. The van der Waals surface area contributed by atoms with Crippen molar-refractivity contribution in [2.45, 2.75) is 58.7 Å². The lowest BCUT2D eigenvalue weighted by Crippen LogP contribution is -2.45. The van der Waals surface area contributed by atoms with Gasteiger partial charge in [-0.1, -0.05) is 17.3 Å². The van der Waals surface area contributed by atoms with E-state index in [2.05, 4.69) is 28.3 Å². The van der Waals surface area contributed by atoms with Crippen LogP contribution >= 0.6 is 0 Å². The van der Waals surface area contributed by atoms with Crippen molar-refractivity contribution >= 4 is 11.7 Å². The Bertz CT molecular complexity index is 962. The molecule has 2 aliphatic heterocycles. The molecule has 1 atom stereocenters. The smallest absolute Gasteiger partial charge is 0.309 e.